The third-order valence-electron chi connectivity index (χ3n) is 5.00. The van der Waals surface area contributed by atoms with Crippen LogP contribution in [0, 0.1) is 12.3 Å². The Balaban J connectivity index is 1.79. The summed E-state index contributed by atoms with van der Waals surface area (Å²) in [4.78, 5) is 11.4. The number of halogens is 1. The first-order valence-electron chi connectivity index (χ1n) is 7.52. The molecule has 2 heterocycles. The highest BCUT2D eigenvalue weighted by molar-refractivity contribution is 9.10. The van der Waals surface area contributed by atoms with Gasteiger partial charge in [0.1, 0.15) is 10.3 Å². The quantitative estimate of drug-likeness (QED) is 0.898. The minimum Gasteiger partial charge on any atom is -0.390 e. The van der Waals surface area contributed by atoms with Gasteiger partial charge < -0.3 is 10.0 Å². The summed E-state index contributed by atoms with van der Waals surface area (Å²) in [6.07, 6.45) is 8.12. The van der Waals surface area contributed by atoms with E-state index in [0.29, 0.717) is 11.1 Å². The number of aliphatic hydroxyl groups excluding tert-OH is 1. The lowest BCUT2D eigenvalue weighted by molar-refractivity contribution is 0.225. The molecule has 0 amide bonds. The van der Waals surface area contributed by atoms with Crippen LogP contribution in [0.2, 0.25) is 0 Å². The van der Waals surface area contributed by atoms with Crippen LogP contribution < -0.4 is 4.90 Å². The summed E-state index contributed by atoms with van der Waals surface area (Å²) >= 11 is 3.39. The van der Waals surface area contributed by atoms with Gasteiger partial charge in [0.05, 0.1) is 12.3 Å². The third kappa shape index (κ3) is 2.58. The van der Waals surface area contributed by atoms with Crippen LogP contribution in [0.5, 0.6) is 0 Å². The predicted molar refractivity (Wildman–Crippen MR) is 82.7 cm³/mol. The van der Waals surface area contributed by atoms with Crippen molar-refractivity contribution in [2.45, 2.75) is 52.1 Å². The van der Waals surface area contributed by atoms with E-state index in [9.17, 15) is 5.11 Å². The second-order valence-corrected chi connectivity index (χ2v) is 6.97. The number of hydrogen-bond donors (Lipinski definition) is 1. The summed E-state index contributed by atoms with van der Waals surface area (Å²) in [5.74, 6) is 0.876. The number of aromatic nitrogens is 2. The standard InChI is InChI=1S/C15H22BrN3O/c1-11-13(16)18-12(10-20)14(17-11)19-8-6-15(7-9-19)4-2-3-5-15/h20H,2-10H2,1H3. The van der Waals surface area contributed by atoms with Crippen LogP contribution in [0.3, 0.4) is 0 Å². The van der Waals surface area contributed by atoms with E-state index in [1.165, 1.54) is 38.5 Å². The molecule has 1 spiro atoms. The molecule has 1 N–H and O–H groups in total. The number of nitrogens with zero attached hydrogens (tertiary/aromatic N) is 3. The lowest BCUT2D eigenvalue weighted by Gasteiger charge is -2.40. The fourth-order valence-electron chi connectivity index (χ4n) is 3.70. The van der Waals surface area contributed by atoms with Gasteiger partial charge in [0, 0.05) is 13.1 Å². The molecule has 3 rings (SSSR count). The molecule has 0 aromatic carbocycles. The lowest BCUT2D eigenvalue weighted by atomic mass is 9.77. The van der Waals surface area contributed by atoms with Crippen molar-refractivity contribution in [3.8, 4) is 0 Å². The van der Waals surface area contributed by atoms with Crippen LogP contribution in [-0.4, -0.2) is 28.2 Å². The fraction of sp³-hybridized carbons (Fsp3) is 0.733. The van der Waals surface area contributed by atoms with Crippen LogP contribution in [0.4, 0.5) is 5.82 Å². The Labute approximate surface area is 128 Å². The van der Waals surface area contributed by atoms with E-state index in [-0.39, 0.29) is 6.61 Å². The maximum absolute atomic E-state index is 9.52. The van der Waals surface area contributed by atoms with Crippen molar-refractivity contribution in [3.63, 3.8) is 0 Å². The summed E-state index contributed by atoms with van der Waals surface area (Å²) in [6.45, 7) is 3.98. The molecule has 2 fully saturated rings. The summed E-state index contributed by atoms with van der Waals surface area (Å²) in [5, 5.41) is 9.52. The van der Waals surface area contributed by atoms with Gasteiger partial charge in [0.2, 0.25) is 0 Å². The summed E-state index contributed by atoms with van der Waals surface area (Å²) in [7, 11) is 0. The normalized spacial score (nSPS) is 21.6. The summed E-state index contributed by atoms with van der Waals surface area (Å²) < 4.78 is 0.731. The fourth-order valence-corrected chi connectivity index (χ4v) is 4.00. The minimum atomic E-state index is -0.0527. The predicted octanol–water partition coefficient (Wildman–Crippen LogP) is 3.20. The van der Waals surface area contributed by atoms with Gasteiger partial charge in [-0.1, -0.05) is 12.8 Å². The molecule has 1 aliphatic carbocycles. The van der Waals surface area contributed by atoms with Gasteiger partial charge >= 0.3 is 0 Å². The number of hydrogen-bond acceptors (Lipinski definition) is 4. The van der Waals surface area contributed by atoms with E-state index >= 15 is 0 Å². The maximum Gasteiger partial charge on any atom is 0.153 e. The van der Waals surface area contributed by atoms with Crippen molar-refractivity contribution in [2.24, 2.45) is 5.41 Å². The SMILES string of the molecule is Cc1nc(N2CCC3(CCCC3)CC2)c(CO)nc1Br. The topological polar surface area (TPSA) is 49.2 Å². The molecule has 0 radical (unpaired) electrons. The first-order valence-corrected chi connectivity index (χ1v) is 8.32. The Hall–Kier alpha value is -0.680. The van der Waals surface area contributed by atoms with Gasteiger partial charge in [-0.05, 0) is 54.0 Å². The summed E-state index contributed by atoms with van der Waals surface area (Å²) in [6, 6.07) is 0. The highest BCUT2D eigenvalue weighted by Crippen LogP contribution is 2.46. The van der Waals surface area contributed by atoms with Crippen molar-refractivity contribution in [2.75, 3.05) is 18.0 Å². The van der Waals surface area contributed by atoms with Gasteiger partial charge in [-0.2, -0.15) is 0 Å². The molecule has 2 aliphatic rings. The highest BCUT2D eigenvalue weighted by Gasteiger charge is 2.37. The average molecular weight is 340 g/mol. The zero-order valence-corrected chi connectivity index (χ0v) is 13.6. The molecule has 1 aliphatic heterocycles. The third-order valence-corrected chi connectivity index (χ3v) is 5.75. The van der Waals surface area contributed by atoms with E-state index in [4.69, 9.17) is 0 Å². The monoisotopic (exact) mass is 339 g/mol. The Morgan fingerprint density at radius 3 is 2.40 bits per heavy atom. The molecule has 1 aromatic rings. The molecular weight excluding hydrogens is 318 g/mol. The van der Waals surface area contributed by atoms with Crippen LogP contribution in [0.25, 0.3) is 0 Å². The second kappa shape index (κ2) is 5.60. The van der Waals surface area contributed by atoms with Gasteiger partial charge in [0.15, 0.2) is 5.82 Å². The molecule has 0 atom stereocenters. The minimum absolute atomic E-state index is 0.0527. The number of piperidine rings is 1. The van der Waals surface area contributed by atoms with E-state index < -0.39 is 0 Å². The van der Waals surface area contributed by atoms with Crippen LogP contribution in [0.15, 0.2) is 4.60 Å². The molecule has 110 valence electrons. The smallest absolute Gasteiger partial charge is 0.153 e. The molecule has 0 bridgehead atoms. The van der Waals surface area contributed by atoms with Gasteiger partial charge in [-0.15, -0.1) is 0 Å². The van der Waals surface area contributed by atoms with Gasteiger partial charge in [-0.3, -0.25) is 0 Å². The van der Waals surface area contributed by atoms with Crippen LogP contribution in [-0.2, 0) is 6.61 Å². The van der Waals surface area contributed by atoms with Gasteiger partial charge in [-0.25, -0.2) is 9.97 Å². The van der Waals surface area contributed by atoms with Crippen molar-refractivity contribution < 1.29 is 5.11 Å². The van der Waals surface area contributed by atoms with E-state index in [1.807, 2.05) is 6.92 Å². The molecule has 1 aromatic heterocycles. The second-order valence-electron chi connectivity index (χ2n) is 6.22. The Kier molecular flexibility index (Phi) is 4.00. The first-order chi connectivity index (χ1) is 9.63. The molecule has 4 nitrogen and oxygen atoms in total. The molecule has 1 saturated heterocycles. The molecule has 0 unspecified atom stereocenters. The zero-order valence-electron chi connectivity index (χ0n) is 12.0. The Morgan fingerprint density at radius 2 is 1.80 bits per heavy atom. The van der Waals surface area contributed by atoms with E-state index in [2.05, 4.69) is 30.8 Å². The van der Waals surface area contributed by atoms with Crippen LogP contribution in [0.1, 0.15) is 49.9 Å². The average Bonchev–Trinajstić information content (AvgIpc) is 2.91. The summed E-state index contributed by atoms with van der Waals surface area (Å²) in [5.41, 5.74) is 2.18. The molecule has 1 saturated carbocycles. The van der Waals surface area contributed by atoms with Gasteiger partial charge in [0.25, 0.3) is 0 Å². The molecule has 5 heteroatoms. The number of aryl methyl sites for hydroxylation is 1. The number of anilines is 1. The van der Waals surface area contributed by atoms with Crippen molar-refractivity contribution >= 4 is 21.7 Å². The Bertz CT molecular complexity index is 490. The molecule has 20 heavy (non-hydrogen) atoms. The first kappa shape index (κ1) is 14.3. The largest absolute Gasteiger partial charge is 0.390 e. The van der Waals surface area contributed by atoms with E-state index in [0.717, 1.165) is 29.2 Å². The zero-order chi connectivity index (χ0) is 14.2. The lowest BCUT2D eigenvalue weighted by Crippen LogP contribution is -2.40. The molecular formula is C15H22BrN3O. The van der Waals surface area contributed by atoms with Crippen molar-refractivity contribution in [1.29, 1.82) is 0 Å². The Morgan fingerprint density at radius 1 is 1.15 bits per heavy atom. The highest BCUT2D eigenvalue weighted by atomic mass is 79.9. The maximum atomic E-state index is 9.52. The number of rotatable bonds is 2. The van der Waals surface area contributed by atoms with Crippen molar-refractivity contribution in [1.82, 2.24) is 9.97 Å². The van der Waals surface area contributed by atoms with Crippen LogP contribution >= 0.6 is 15.9 Å². The van der Waals surface area contributed by atoms with Crippen molar-refractivity contribution in [3.05, 3.63) is 16.0 Å². The van der Waals surface area contributed by atoms with E-state index in [1.54, 1.807) is 0 Å². The number of aliphatic hydroxyl groups is 1.